The molecule has 29 heavy (non-hydrogen) atoms. The zero-order chi connectivity index (χ0) is 20.9. The molecule has 2 nitrogen and oxygen atoms in total. The summed E-state index contributed by atoms with van der Waals surface area (Å²) in [4.78, 5) is 0. The van der Waals surface area contributed by atoms with Gasteiger partial charge in [-0.25, -0.2) is 0 Å². The zero-order valence-corrected chi connectivity index (χ0v) is 21.0. The molecule has 0 aliphatic carbocycles. The fraction of sp³-hybridized carbons (Fsp3) is 0.360. The van der Waals surface area contributed by atoms with Gasteiger partial charge < -0.3 is 9.16 Å². The number of rotatable bonds is 6. The van der Waals surface area contributed by atoms with Crippen LogP contribution in [0.25, 0.3) is 0 Å². The fourth-order valence-electron chi connectivity index (χ4n) is 4.18. The molecule has 0 radical (unpaired) electrons. The van der Waals surface area contributed by atoms with Gasteiger partial charge in [0.2, 0.25) is 0 Å². The van der Waals surface area contributed by atoms with Gasteiger partial charge in [-0.3, -0.25) is 0 Å². The van der Waals surface area contributed by atoms with Gasteiger partial charge in [-0.05, 0) is 44.0 Å². The van der Waals surface area contributed by atoms with Gasteiger partial charge in [0.1, 0.15) is 0 Å². The molecular formula is C25H31IO2Si. The number of allylic oxidation sites excluding steroid dienone is 2. The predicted octanol–water partition coefficient (Wildman–Crippen LogP) is 5.62. The molecule has 0 aromatic heterocycles. The second kappa shape index (κ2) is 9.73. The lowest BCUT2D eigenvalue weighted by molar-refractivity contribution is 0.0657. The topological polar surface area (TPSA) is 18.5 Å². The van der Waals surface area contributed by atoms with Crippen molar-refractivity contribution in [2.24, 2.45) is 0 Å². The SMILES string of the molecule is CC(/C=C1\CO[C@@H](CO[Si](c2ccccc2)(c2ccccc2)C(C)(C)C)C1)=C\I. The van der Waals surface area contributed by atoms with Crippen molar-refractivity contribution in [2.75, 3.05) is 13.2 Å². The summed E-state index contributed by atoms with van der Waals surface area (Å²) in [6, 6.07) is 21.6. The van der Waals surface area contributed by atoms with E-state index in [4.69, 9.17) is 9.16 Å². The number of hydrogen-bond donors (Lipinski definition) is 0. The van der Waals surface area contributed by atoms with Crippen molar-refractivity contribution in [2.45, 2.75) is 45.3 Å². The van der Waals surface area contributed by atoms with E-state index in [9.17, 15) is 0 Å². The first-order valence-corrected chi connectivity index (χ1v) is 13.4. The van der Waals surface area contributed by atoms with Crippen molar-refractivity contribution in [3.05, 3.63) is 82.0 Å². The number of ether oxygens (including phenoxy) is 1. The van der Waals surface area contributed by atoms with Crippen LogP contribution in [0.5, 0.6) is 0 Å². The summed E-state index contributed by atoms with van der Waals surface area (Å²) in [6.07, 6.45) is 3.31. The number of hydrogen-bond acceptors (Lipinski definition) is 2. The lowest BCUT2D eigenvalue weighted by Crippen LogP contribution is -2.67. The van der Waals surface area contributed by atoms with Gasteiger partial charge in [-0.15, -0.1) is 0 Å². The van der Waals surface area contributed by atoms with Crippen LogP contribution in [0.15, 0.2) is 82.0 Å². The van der Waals surface area contributed by atoms with Gasteiger partial charge in [0.05, 0.1) is 19.3 Å². The van der Waals surface area contributed by atoms with E-state index in [0.717, 1.165) is 6.42 Å². The Kier molecular flexibility index (Phi) is 7.54. The molecule has 4 heteroatoms. The molecule has 0 bridgehead atoms. The van der Waals surface area contributed by atoms with E-state index in [-0.39, 0.29) is 11.1 Å². The first kappa shape index (κ1) is 22.5. The van der Waals surface area contributed by atoms with E-state index in [1.54, 1.807) is 0 Å². The highest BCUT2D eigenvalue weighted by molar-refractivity contribution is 14.1. The molecular weight excluding hydrogens is 487 g/mol. The van der Waals surface area contributed by atoms with Crippen LogP contribution in [-0.2, 0) is 9.16 Å². The molecule has 1 aliphatic heterocycles. The van der Waals surface area contributed by atoms with Crippen LogP contribution in [-0.4, -0.2) is 27.6 Å². The highest BCUT2D eigenvalue weighted by atomic mass is 127. The van der Waals surface area contributed by atoms with Crippen molar-refractivity contribution < 1.29 is 9.16 Å². The third-order valence-electron chi connectivity index (χ3n) is 5.50. The van der Waals surface area contributed by atoms with Gasteiger partial charge >= 0.3 is 0 Å². The molecule has 1 heterocycles. The van der Waals surface area contributed by atoms with Crippen molar-refractivity contribution in [3.8, 4) is 0 Å². The summed E-state index contributed by atoms with van der Waals surface area (Å²) in [5.41, 5.74) is 2.63. The Hall–Kier alpha value is -1.21. The van der Waals surface area contributed by atoms with Crippen molar-refractivity contribution >= 4 is 41.3 Å². The largest absolute Gasteiger partial charge is 0.405 e. The molecule has 1 saturated heterocycles. The Morgan fingerprint density at radius 3 is 2.10 bits per heavy atom. The summed E-state index contributed by atoms with van der Waals surface area (Å²) < 4.78 is 15.2. The van der Waals surface area contributed by atoms with Crippen LogP contribution in [0, 0.1) is 0 Å². The monoisotopic (exact) mass is 518 g/mol. The molecule has 154 valence electrons. The minimum atomic E-state index is -2.49. The quantitative estimate of drug-likeness (QED) is 0.365. The van der Waals surface area contributed by atoms with Crippen LogP contribution in [0.2, 0.25) is 5.04 Å². The van der Waals surface area contributed by atoms with Gasteiger partial charge in [0.25, 0.3) is 8.32 Å². The van der Waals surface area contributed by atoms with Gasteiger partial charge in [-0.2, -0.15) is 0 Å². The van der Waals surface area contributed by atoms with Crippen LogP contribution < -0.4 is 10.4 Å². The predicted molar refractivity (Wildman–Crippen MR) is 134 cm³/mol. The third kappa shape index (κ3) is 5.10. The standard InChI is InChI=1S/C25H31IO2Si/c1-20(17-26)15-21-16-22(27-18-21)19-28-29(25(2,3)4,23-11-7-5-8-12-23)24-13-9-6-10-14-24/h5-15,17,22H,16,18-19H2,1-4H3/b20-17+,21-15-/t22-/m1/s1. The molecule has 1 fully saturated rings. The average Bonchev–Trinajstić information content (AvgIpc) is 3.16. The second-order valence-corrected chi connectivity index (χ2v) is 13.7. The first-order valence-electron chi connectivity index (χ1n) is 10.2. The minimum Gasteiger partial charge on any atom is -0.405 e. The van der Waals surface area contributed by atoms with E-state index < -0.39 is 8.32 Å². The molecule has 1 atom stereocenters. The highest BCUT2D eigenvalue weighted by Crippen LogP contribution is 2.37. The summed E-state index contributed by atoms with van der Waals surface area (Å²) >= 11 is 2.29. The van der Waals surface area contributed by atoms with Crippen LogP contribution >= 0.6 is 22.6 Å². The van der Waals surface area contributed by atoms with E-state index in [1.807, 2.05) is 0 Å². The maximum Gasteiger partial charge on any atom is 0.261 e. The summed E-state index contributed by atoms with van der Waals surface area (Å²) in [5, 5.41) is 2.63. The van der Waals surface area contributed by atoms with Crippen molar-refractivity contribution in [1.82, 2.24) is 0 Å². The fourth-order valence-corrected chi connectivity index (χ4v) is 8.95. The summed E-state index contributed by atoms with van der Waals surface area (Å²) in [6.45, 7) is 10.4. The van der Waals surface area contributed by atoms with Crippen LogP contribution in [0.1, 0.15) is 34.1 Å². The van der Waals surface area contributed by atoms with E-state index in [1.165, 1.54) is 21.5 Å². The van der Waals surface area contributed by atoms with Crippen molar-refractivity contribution in [1.29, 1.82) is 0 Å². The molecule has 0 saturated carbocycles. The highest BCUT2D eigenvalue weighted by Gasteiger charge is 2.50. The maximum absolute atomic E-state index is 7.00. The molecule has 2 aromatic carbocycles. The molecule has 2 aromatic rings. The third-order valence-corrected chi connectivity index (χ3v) is 11.5. The van der Waals surface area contributed by atoms with Gasteiger partial charge in [-0.1, -0.05) is 110 Å². The smallest absolute Gasteiger partial charge is 0.261 e. The Morgan fingerprint density at radius 2 is 1.62 bits per heavy atom. The Bertz CT molecular complexity index is 814. The molecule has 0 unspecified atom stereocenters. The number of halogens is 1. The number of benzene rings is 2. The molecule has 1 aliphatic rings. The lowest BCUT2D eigenvalue weighted by atomic mass is 10.1. The van der Waals surface area contributed by atoms with Gasteiger partial charge in [0.15, 0.2) is 0 Å². The summed E-state index contributed by atoms with van der Waals surface area (Å²) in [5.74, 6) is 0. The molecule has 3 rings (SSSR count). The average molecular weight is 519 g/mol. The zero-order valence-electron chi connectivity index (χ0n) is 17.8. The van der Waals surface area contributed by atoms with Gasteiger partial charge in [0, 0.05) is 0 Å². The maximum atomic E-state index is 7.00. The van der Waals surface area contributed by atoms with E-state index in [2.05, 4.69) is 121 Å². The van der Waals surface area contributed by atoms with Crippen molar-refractivity contribution in [3.63, 3.8) is 0 Å². The molecule has 0 N–H and O–H groups in total. The Balaban J connectivity index is 1.92. The normalized spacial score (nSPS) is 19.7. The molecule has 0 spiro atoms. The Labute approximate surface area is 190 Å². The lowest BCUT2D eigenvalue weighted by Gasteiger charge is -2.43. The first-order chi connectivity index (χ1) is 13.9. The van der Waals surface area contributed by atoms with E-state index >= 15 is 0 Å². The van der Waals surface area contributed by atoms with E-state index in [0.29, 0.717) is 13.2 Å². The Morgan fingerprint density at radius 1 is 1.07 bits per heavy atom. The minimum absolute atomic E-state index is 0.00643. The van der Waals surface area contributed by atoms with Crippen LogP contribution in [0.4, 0.5) is 0 Å². The van der Waals surface area contributed by atoms with Crippen LogP contribution in [0.3, 0.4) is 0 Å². The second-order valence-electron chi connectivity index (χ2n) is 8.77. The summed E-state index contributed by atoms with van der Waals surface area (Å²) in [7, 11) is -2.49. The molecule has 0 amide bonds.